The Labute approximate surface area is 112 Å². The zero-order chi connectivity index (χ0) is 13.7. The van der Waals surface area contributed by atoms with Crippen molar-refractivity contribution in [1.29, 1.82) is 0 Å². The number of nitrogens with zero attached hydrogens (tertiary/aromatic N) is 1. The first-order valence-corrected chi connectivity index (χ1v) is 7.50. The lowest BCUT2D eigenvalue weighted by Gasteiger charge is -2.25. The molecule has 0 aromatic rings. The molecular weight excluding hydrogens is 252 g/mol. The number of urea groups is 1. The molecule has 0 aromatic carbocycles. The van der Waals surface area contributed by atoms with Gasteiger partial charge in [-0.3, -0.25) is 0 Å². The van der Waals surface area contributed by atoms with E-state index in [1.54, 1.807) is 11.8 Å². The van der Waals surface area contributed by atoms with Gasteiger partial charge in [-0.05, 0) is 25.0 Å². The summed E-state index contributed by atoms with van der Waals surface area (Å²) in [6.07, 6.45) is 0.752. The normalized spacial score (nSPS) is 24.9. The van der Waals surface area contributed by atoms with Gasteiger partial charge in [-0.25, -0.2) is 9.59 Å². The highest BCUT2D eigenvalue weighted by Gasteiger charge is 2.39. The van der Waals surface area contributed by atoms with Crippen LogP contribution in [-0.4, -0.2) is 52.1 Å². The summed E-state index contributed by atoms with van der Waals surface area (Å²) in [5.74, 6) is 0.974. The minimum absolute atomic E-state index is 0.0218. The quantitative estimate of drug-likeness (QED) is 0.799. The highest BCUT2D eigenvalue weighted by molar-refractivity contribution is 7.99. The first kappa shape index (κ1) is 15.1. The number of nitrogens with one attached hydrogen (secondary N) is 1. The Morgan fingerprint density at radius 3 is 2.78 bits per heavy atom. The average molecular weight is 274 g/mol. The number of likely N-dealkylation sites (tertiary alicyclic amines) is 1. The molecule has 1 aliphatic rings. The van der Waals surface area contributed by atoms with Crippen LogP contribution in [0.4, 0.5) is 4.79 Å². The predicted octanol–water partition coefficient (Wildman–Crippen LogP) is 1.63. The molecule has 18 heavy (non-hydrogen) atoms. The van der Waals surface area contributed by atoms with Gasteiger partial charge in [0.05, 0.1) is 0 Å². The number of carbonyl (C=O) groups is 2. The van der Waals surface area contributed by atoms with Crippen molar-refractivity contribution < 1.29 is 14.7 Å². The highest BCUT2D eigenvalue weighted by Crippen LogP contribution is 2.24. The lowest BCUT2D eigenvalue weighted by Crippen LogP contribution is -2.50. The maximum atomic E-state index is 12.0. The topological polar surface area (TPSA) is 69.6 Å². The summed E-state index contributed by atoms with van der Waals surface area (Å²) in [5.41, 5.74) is 0. The Hall–Kier alpha value is -0.910. The molecule has 0 radical (unpaired) electrons. The number of aliphatic carboxylic acids is 1. The van der Waals surface area contributed by atoms with E-state index >= 15 is 0 Å². The lowest BCUT2D eigenvalue weighted by molar-refractivity contribution is -0.142. The maximum Gasteiger partial charge on any atom is 0.326 e. The van der Waals surface area contributed by atoms with Crippen LogP contribution in [0.25, 0.3) is 0 Å². The molecule has 0 bridgehead atoms. The minimum Gasteiger partial charge on any atom is -0.480 e. The minimum atomic E-state index is -0.911. The van der Waals surface area contributed by atoms with Gasteiger partial charge in [-0.15, -0.1) is 0 Å². The molecule has 1 rings (SSSR count). The van der Waals surface area contributed by atoms with Crippen molar-refractivity contribution in [2.24, 2.45) is 5.92 Å². The Morgan fingerprint density at radius 2 is 2.22 bits per heavy atom. The van der Waals surface area contributed by atoms with Crippen LogP contribution in [-0.2, 0) is 4.79 Å². The summed E-state index contributed by atoms with van der Waals surface area (Å²) >= 11 is 1.76. The van der Waals surface area contributed by atoms with Gasteiger partial charge in [-0.2, -0.15) is 11.8 Å². The third-order valence-corrected chi connectivity index (χ3v) is 4.30. The summed E-state index contributed by atoms with van der Waals surface area (Å²) in [6.45, 7) is 6.41. The maximum absolute atomic E-state index is 12.0. The average Bonchev–Trinajstić information content (AvgIpc) is 2.68. The fraction of sp³-hybridized carbons (Fsp3) is 0.833. The molecular formula is C12H22N2O3S. The van der Waals surface area contributed by atoms with Gasteiger partial charge in [-0.1, -0.05) is 13.8 Å². The van der Waals surface area contributed by atoms with E-state index in [-0.39, 0.29) is 18.0 Å². The largest absolute Gasteiger partial charge is 0.480 e. The van der Waals surface area contributed by atoms with E-state index in [9.17, 15) is 9.59 Å². The van der Waals surface area contributed by atoms with Crippen LogP contribution in [0.3, 0.4) is 0 Å². The standard InChI is InChI=1S/C12H22N2O3S/c1-4-18-7-9(3)13-12(17)14-6-5-8(2)10(14)11(15)16/h8-10H,4-7H2,1-3H3,(H,13,17)(H,15,16). The van der Waals surface area contributed by atoms with Crippen LogP contribution in [0.1, 0.15) is 27.2 Å². The molecule has 104 valence electrons. The van der Waals surface area contributed by atoms with Gasteiger partial charge in [0, 0.05) is 18.3 Å². The molecule has 3 atom stereocenters. The molecule has 1 heterocycles. The molecule has 2 N–H and O–H groups in total. The number of hydrogen-bond acceptors (Lipinski definition) is 3. The predicted molar refractivity (Wildman–Crippen MR) is 72.9 cm³/mol. The highest BCUT2D eigenvalue weighted by atomic mass is 32.2. The fourth-order valence-electron chi connectivity index (χ4n) is 2.18. The number of carbonyl (C=O) groups excluding carboxylic acids is 1. The van der Waals surface area contributed by atoms with Crippen LogP contribution in [0.2, 0.25) is 0 Å². The number of amides is 2. The van der Waals surface area contributed by atoms with Crippen LogP contribution in [0.5, 0.6) is 0 Å². The molecule has 0 aliphatic carbocycles. The van der Waals surface area contributed by atoms with E-state index in [2.05, 4.69) is 12.2 Å². The van der Waals surface area contributed by atoms with Crippen molar-refractivity contribution in [2.45, 2.75) is 39.3 Å². The van der Waals surface area contributed by atoms with Crippen molar-refractivity contribution in [1.82, 2.24) is 10.2 Å². The lowest BCUT2D eigenvalue weighted by atomic mass is 10.0. The zero-order valence-corrected chi connectivity index (χ0v) is 12.0. The summed E-state index contributed by atoms with van der Waals surface area (Å²) < 4.78 is 0. The molecule has 2 amide bonds. The van der Waals surface area contributed by atoms with Crippen molar-refractivity contribution in [3.63, 3.8) is 0 Å². The van der Waals surface area contributed by atoms with Gasteiger partial charge in [0.1, 0.15) is 6.04 Å². The van der Waals surface area contributed by atoms with E-state index in [4.69, 9.17) is 5.11 Å². The Kier molecular flexibility index (Phi) is 5.78. The molecule has 1 saturated heterocycles. The van der Waals surface area contributed by atoms with Crippen LogP contribution in [0.15, 0.2) is 0 Å². The summed E-state index contributed by atoms with van der Waals surface area (Å²) in [4.78, 5) is 24.6. The SMILES string of the molecule is CCSCC(C)NC(=O)N1CCC(C)C1C(=O)O. The number of hydrogen-bond donors (Lipinski definition) is 2. The smallest absolute Gasteiger partial charge is 0.326 e. The first-order chi connectivity index (χ1) is 8.47. The second kappa shape index (κ2) is 6.87. The van der Waals surface area contributed by atoms with Crippen LogP contribution < -0.4 is 5.32 Å². The van der Waals surface area contributed by atoms with Crippen molar-refractivity contribution in [3.8, 4) is 0 Å². The summed E-state index contributed by atoms with van der Waals surface area (Å²) in [5, 5.41) is 12.0. The Morgan fingerprint density at radius 1 is 1.56 bits per heavy atom. The van der Waals surface area contributed by atoms with Crippen molar-refractivity contribution in [3.05, 3.63) is 0 Å². The summed E-state index contributed by atoms with van der Waals surface area (Å²) in [7, 11) is 0. The van der Waals surface area contributed by atoms with Crippen molar-refractivity contribution >= 4 is 23.8 Å². The van der Waals surface area contributed by atoms with E-state index in [0.717, 1.165) is 17.9 Å². The molecule has 3 unspecified atom stereocenters. The fourth-order valence-corrected chi connectivity index (χ4v) is 2.85. The third-order valence-electron chi connectivity index (χ3n) is 3.16. The number of carboxylic acids is 1. The van der Waals surface area contributed by atoms with Crippen LogP contribution in [0, 0.1) is 5.92 Å². The molecule has 1 fully saturated rings. The monoisotopic (exact) mass is 274 g/mol. The Balaban J connectivity index is 2.53. The molecule has 0 spiro atoms. The number of carboxylic acid groups (broad SMARTS) is 1. The van der Waals surface area contributed by atoms with E-state index in [1.165, 1.54) is 4.90 Å². The van der Waals surface area contributed by atoms with Gasteiger partial charge in [0.2, 0.25) is 0 Å². The van der Waals surface area contributed by atoms with Gasteiger partial charge in [0.25, 0.3) is 0 Å². The van der Waals surface area contributed by atoms with E-state index in [1.807, 2.05) is 13.8 Å². The van der Waals surface area contributed by atoms with E-state index in [0.29, 0.717) is 6.54 Å². The molecule has 5 nitrogen and oxygen atoms in total. The molecule has 6 heteroatoms. The van der Waals surface area contributed by atoms with Crippen molar-refractivity contribution in [2.75, 3.05) is 18.1 Å². The second-order valence-electron chi connectivity index (χ2n) is 4.75. The molecule has 0 aromatic heterocycles. The number of thioether (sulfide) groups is 1. The first-order valence-electron chi connectivity index (χ1n) is 6.35. The summed E-state index contributed by atoms with van der Waals surface area (Å²) in [6, 6.07) is -0.875. The van der Waals surface area contributed by atoms with E-state index < -0.39 is 12.0 Å². The van der Waals surface area contributed by atoms with Gasteiger partial charge >= 0.3 is 12.0 Å². The van der Waals surface area contributed by atoms with Crippen LogP contribution >= 0.6 is 11.8 Å². The molecule has 0 saturated carbocycles. The van der Waals surface area contributed by atoms with Gasteiger partial charge in [0.15, 0.2) is 0 Å². The third kappa shape index (κ3) is 3.80. The second-order valence-corrected chi connectivity index (χ2v) is 6.07. The number of rotatable bonds is 5. The van der Waals surface area contributed by atoms with Gasteiger partial charge < -0.3 is 15.3 Å². The Bertz CT molecular complexity index is 312. The zero-order valence-electron chi connectivity index (χ0n) is 11.2. The molecule has 1 aliphatic heterocycles.